The van der Waals surface area contributed by atoms with E-state index in [1.807, 2.05) is 0 Å². The normalized spacial score (nSPS) is 12.5. The maximum atomic E-state index is 12.4. The second-order valence-corrected chi connectivity index (χ2v) is 8.68. The van der Waals surface area contributed by atoms with Crippen LogP contribution in [0.15, 0.2) is 47.4 Å². The number of nitrogens with zero attached hydrogens (tertiary/aromatic N) is 1. The van der Waals surface area contributed by atoms with Crippen LogP contribution in [0.3, 0.4) is 0 Å². The van der Waals surface area contributed by atoms with E-state index in [4.69, 9.17) is 5.73 Å². The zero-order valence-electron chi connectivity index (χ0n) is 16.2. The Morgan fingerprint density at radius 2 is 1.61 bits per heavy atom. The molecule has 0 fully saturated rings. The summed E-state index contributed by atoms with van der Waals surface area (Å²) in [6.45, 7) is 3.37. The number of carbonyl (C=O) groups excluding carboxylic acids is 2. The van der Waals surface area contributed by atoms with Crippen molar-refractivity contribution in [3.05, 3.63) is 53.6 Å². The van der Waals surface area contributed by atoms with E-state index in [1.54, 1.807) is 38.1 Å². The molecule has 0 radical (unpaired) electrons. The Kier molecular flexibility index (Phi) is 6.42. The van der Waals surface area contributed by atoms with Gasteiger partial charge in [-0.25, -0.2) is 12.7 Å². The van der Waals surface area contributed by atoms with Gasteiger partial charge in [-0.05, 0) is 55.8 Å². The summed E-state index contributed by atoms with van der Waals surface area (Å²) in [5, 5.41) is 5.72. The first-order chi connectivity index (χ1) is 13.0. The van der Waals surface area contributed by atoms with Gasteiger partial charge in [0.1, 0.15) is 6.04 Å². The molecule has 4 N–H and O–H groups in total. The third-order valence-corrected chi connectivity index (χ3v) is 6.12. The fraction of sp³-hybridized carbons (Fsp3) is 0.263. The molecule has 0 aliphatic carbocycles. The van der Waals surface area contributed by atoms with Crippen LogP contribution < -0.4 is 16.4 Å². The van der Waals surface area contributed by atoms with Gasteiger partial charge in [0.2, 0.25) is 21.8 Å². The molecule has 9 heteroatoms. The average molecular weight is 404 g/mol. The minimum atomic E-state index is -3.59. The average Bonchev–Trinajstić information content (AvgIpc) is 2.63. The molecule has 0 heterocycles. The Morgan fingerprint density at radius 3 is 2.14 bits per heavy atom. The van der Waals surface area contributed by atoms with E-state index < -0.39 is 22.0 Å². The van der Waals surface area contributed by atoms with Gasteiger partial charge in [-0.15, -0.1) is 0 Å². The minimum Gasteiger partial charge on any atom is -0.374 e. The molecule has 0 bridgehead atoms. The van der Waals surface area contributed by atoms with Crippen molar-refractivity contribution >= 4 is 33.2 Å². The summed E-state index contributed by atoms with van der Waals surface area (Å²) in [6.07, 6.45) is 0. The third-order valence-electron chi connectivity index (χ3n) is 4.16. The summed E-state index contributed by atoms with van der Waals surface area (Å²) in [7, 11) is -0.657. The molecule has 2 aromatic carbocycles. The molecule has 0 spiro atoms. The summed E-state index contributed by atoms with van der Waals surface area (Å²) < 4.78 is 26.0. The van der Waals surface area contributed by atoms with Crippen molar-refractivity contribution in [2.45, 2.75) is 24.8 Å². The summed E-state index contributed by atoms with van der Waals surface area (Å²) in [5.74, 6) is -0.861. The van der Waals surface area contributed by atoms with Crippen LogP contribution in [0.25, 0.3) is 0 Å². The molecular formula is C19H24N4O4S. The van der Waals surface area contributed by atoms with Crippen molar-refractivity contribution in [1.82, 2.24) is 4.31 Å². The van der Waals surface area contributed by atoms with Crippen LogP contribution in [0.1, 0.15) is 22.8 Å². The predicted octanol–water partition coefficient (Wildman–Crippen LogP) is 1.78. The van der Waals surface area contributed by atoms with Crippen LogP contribution in [0, 0.1) is 6.92 Å². The third kappa shape index (κ3) is 4.87. The fourth-order valence-corrected chi connectivity index (χ4v) is 3.59. The summed E-state index contributed by atoms with van der Waals surface area (Å²) in [4.78, 5) is 23.7. The van der Waals surface area contributed by atoms with Crippen molar-refractivity contribution in [3.8, 4) is 0 Å². The molecule has 0 aromatic heterocycles. The van der Waals surface area contributed by atoms with Crippen molar-refractivity contribution in [3.63, 3.8) is 0 Å². The van der Waals surface area contributed by atoms with Gasteiger partial charge < -0.3 is 16.4 Å². The van der Waals surface area contributed by atoms with Crippen LogP contribution in [-0.2, 0) is 14.8 Å². The summed E-state index contributed by atoms with van der Waals surface area (Å²) in [6, 6.07) is 10.5. The highest BCUT2D eigenvalue weighted by Crippen LogP contribution is 2.23. The topological polar surface area (TPSA) is 122 Å². The van der Waals surface area contributed by atoms with Crippen molar-refractivity contribution in [2.75, 3.05) is 24.7 Å². The van der Waals surface area contributed by atoms with Gasteiger partial charge >= 0.3 is 0 Å². The van der Waals surface area contributed by atoms with Gasteiger partial charge in [0, 0.05) is 31.0 Å². The van der Waals surface area contributed by atoms with E-state index >= 15 is 0 Å². The van der Waals surface area contributed by atoms with E-state index in [0.29, 0.717) is 22.5 Å². The number of sulfonamides is 1. The standard InChI is InChI=1S/C19H24N4O4S/c1-12-5-8-16(11-17(12)28(26,27)23(3)4)21-13(2)19(25)22-15-9-6-14(7-10-15)18(20)24/h5-11,13,21H,1-4H3,(H2,20,24)(H,22,25)/t13-/m1/s1. The second kappa shape index (κ2) is 8.41. The molecule has 2 amide bonds. The molecule has 0 aliphatic rings. The van der Waals surface area contributed by atoms with E-state index in [1.165, 1.54) is 32.3 Å². The maximum absolute atomic E-state index is 12.4. The maximum Gasteiger partial charge on any atom is 0.248 e. The van der Waals surface area contributed by atoms with Gasteiger partial charge in [0.05, 0.1) is 4.90 Å². The number of carbonyl (C=O) groups is 2. The molecule has 8 nitrogen and oxygen atoms in total. The number of hydrogen-bond donors (Lipinski definition) is 3. The first-order valence-electron chi connectivity index (χ1n) is 8.53. The SMILES string of the molecule is Cc1ccc(N[C@H](C)C(=O)Nc2ccc(C(N)=O)cc2)cc1S(=O)(=O)N(C)C. The summed E-state index contributed by atoms with van der Waals surface area (Å²) in [5.41, 5.74) is 7.18. The van der Waals surface area contributed by atoms with Crippen LogP contribution >= 0.6 is 0 Å². The highest BCUT2D eigenvalue weighted by atomic mass is 32.2. The number of anilines is 2. The number of nitrogens with one attached hydrogen (secondary N) is 2. The van der Waals surface area contributed by atoms with E-state index in [0.717, 1.165) is 4.31 Å². The number of primary amides is 1. The van der Waals surface area contributed by atoms with E-state index in [-0.39, 0.29) is 10.8 Å². The van der Waals surface area contributed by atoms with E-state index in [2.05, 4.69) is 10.6 Å². The van der Waals surface area contributed by atoms with Crippen molar-refractivity contribution in [1.29, 1.82) is 0 Å². The fourth-order valence-electron chi connectivity index (χ4n) is 2.45. The molecular weight excluding hydrogens is 380 g/mol. The molecule has 0 aliphatic heterocycles. The smallest absolute Gasteiger partial charge is 0.248 e. The van der Waals surface area contributed by atoms with Crippen LogP contribution in [0.5, 0.6) is 0 Å². The zero-order chi connectivity index (χ0) is 21.1. The zero-order valence-corrected chi connectivity index (χ0v) is 17.0. The molecule has 2 aromatic rings. The number of nitrogens with two attached hydrogens (primary N) is 1. The van der Waals surface area contributed by atoms with Gasteiger partial charge in [0.15, 0.2) is 0 Å². The molecule has 0 unspecified atom stereocenters. The lowest BCUT2D eigenvalue weighted by atomic mass is 10.2. The minimum absolute atomic E-state index is 0.178. The lowest BCUT2D eigenvalue weighted by molar-refractivity contribution is -0.116. The molecule has 150 valence electrons. The lowest BCUT2D eigenvalue weighted by Crippen LogP contribution is -2.32. The van der Waals surface area contributed by atoms with Gasteiger partial charge in [0.25, 0.3) is 0 Å². The largest absolute Gasteiger partial charge is 0.374 e. The predicted molar refractivity (Wildman–Crippen MR) is 109 cm³/mol. The Balaban J connectivity index is 2.12. The number of rotatable bonds is 7. The number of amides is 2. The second-order valence-electron chi connectivity index (χ2n) is 6.56. The van der Waals surface area contributed by atoms with E-state index in [9.17, 15) is 18.0 Å². The number of hydrogen-bond acceptors (Lipinski definition) is 5. The van der Waals surface area contributed by atoms with Crippen LogP contribution in [-0.4, -0.2) is 44.7 Å². The molecule has 1 atom stereocenters. The number of benzene rings is 2. The Bertz CT molecular complexity index is 985. The molecule has 28 heavy (non-hydrogen) atoms. The Hall–Kier alpha value is -2.91. The van der Waals surface area contributed by atoms with Gasteiger partial charge in [-0.1, -0.05) is 6.07 Å². The lowest BCUT2D eigenvalue weighted by Gasteiger charge is -2.18. The molecule has 2 rings (SSSR count). The molecule has 0 saturated heterocycles. The number of aryl methyl sites for hydroxylation is 1. The highest BCUT2D eigenvalue weighted by molar-refractivity contribution is 7.89. The highest BCUT2D eigenvalue weighted by Gasteiger charge is 2.21. The van der Waals surface area contributed by atoms with Crippen LogP contribution in [0.4, 0.5) is 11.4 Å². The first-order valence-corrected chi connectivity index (χ1v) is 9.97. The van der Waals surface area contributed by atoms with Crippen LogP contribution in [0.2, 0.25) is 0 Å². The van der Waals surface area contributed by atoms with Crippen molar-refractivity contribution < 1.29 is 18.0 Å². The quantitative estimate of drug-likeness (QED) is 0.649. The Morgan fingerprint density at radius 1 is 1.04 bits per heavy atom. The van der Waals surface area contributed by atoms with Gasteiger partial charge in [-0.3, -0.25) is 9.59 Å². The molecule has 0 saturated carbocycles. The van der Waals surface area contributed by atoms with Gasteiger partial charge in [-0.2, -0.15) is 0 Å². The monoisotopic (exact) mass is 404 g/mol. The Labute approximate surface area is 164 Å². The summed E-state index contributed by atoms with van der Waals surface area (Å²) >= 11 is 0. The van der Waals surface area contributed by atoms with Crippen molar-refractivity contribution in [2.24, 2.45) is 5.73 Å². The first kappa shape index (κ1) is 21.4.